The molecule has 0 aromatic heterocycles. The molecule has 1 saturated heterocycles. The van der Waals surface area contributed by atoms with Gasteiger partial charge in [-0.1, -0.05) is 18.2 Å². The Morgan fingerprint density at radius 2 is 1.69 bits per heavy atom. The molecule has 10 heteroatoms. The summed E-state index contributed by atoms with van der Waals surface area (Å²) in [5.74, 6) is 0.720. The highest BCUT2D eigenvalue weighted by Gasteiger charge is 2.33. The topological polar surface area (TPSA) is 71.1 Å². The van der Waals surface area contributed by atoms with Gasteiger partial charge in [-0.05, 0) is 29.3 Å². The first-order chi connectivity index (χ1) is 16.7. The number of alkyl halides is 3. The Morgan fingerprint density at radius 3 is 2.34 bits per heavy atom. The van der Waals surface area contributed by atoms with Gasteiger partial charge in [-0.25, -0.2) is 0 Å². The Kier molecular flexibility index (Phi) is 7.32. The van der Waals surface area contributed by atoms with E-state index in [9.17, 15) is 22.8 Å². The number of methoxy groups -OCH3 is 2. The lowest BCUT2D eigenvalue weighted by Gasteiger charge is -2.34. The molecule has 1 fully saturated rings. The summed E-state index contributed by atoms with van der Waals surface area (Å²) in [6, 6.07) is 8.33. The number of benzene rings is 2. The van der Waals surface area contributed by atoms with Gasteiger partial charge in [0.05, 0.1) is 32.4 Å². The Morgan fingerprint density at radius 1 is 1.03 bits per heavy atom. The van der Waals surface area contributed by atoms with Crippen LogP contribution in [0.1, 0.15) is 39.5 Å². The number of halogens is 3. The van der Waals surface area contributed by atoms with Crippen LogP contribution in [-0.2, 0) is 17.5 Å². The molecule has 4 rings (SSSR count). The Balaban J connectivity index is 1.29. The summed E-state index contributed by atoms with van der Waals surface area (Å²) in [5, 5.41) is 2.96. The SMILES string of the molecule is COc1cc2c(cc1OC)C(NC(=O)CN1CCN(Cc3cccc(C(F)(F)F)c3)CC1)CC2=O. The van der Waals surface area contributed by atoms with Gasteiger partial charge in [0.1, 0.15) is 0 Å². The van der Waals surface area contributed by atoms with Gasteiger partial charge >= 0.3 is 6.18 Å². The van der Waals surface area contributed by atoms with E-state index in [1.807, 2.05) is 4.90 Å². The van der Waals surface area contributed by atoms with E-state index in [2.05, 4.69) is 10.2 Å². The van der Waals surface area contributed by atoms with Crippen molar-refractivity contribution in [1.82, 2.24) is 15.1 Å². The van der Waals surface area contributed by atoms with Crippen molar-refractivity contribution in [1.29, 1.82) is 0 Å². The number of nitrogens with one attached hydrogen (secondary N) is 1. The first kappa shape index (κ1) is 25.0. The lowest BCUT2D eigenvalue weighted by Crippen LogP contribution is -2.49. The minimum Gasteiger partial charge on any atom is -0.493 e. The molecular weight excluding hydrogens is 463 g/mol. The van der Waals surface area contributed by atoms with Crippen LogP contribution in [0.4, 0.5) is 13.2 Å². The molecular formula is C25H28F3N3O4. The molecule has 1 heterocycles. The van der Waals surface area contributed by atoms with Crippen molar-refractivity contribution >= 4 is 11.7 Å². The van der Waals surface area contributed by atoms with Crippen LogP contribution in [0.2, 0.25) is 0 Å². The molecule has 2 aromatic rings. The van der Waals surface area contributed by atoms with Crippen LogP contribution in [0.15, 0.2) is 36.4 Å². The van der Waals surface area contributed by atoms with Crippen LogP contribution in [0, 0.1) is 0 Å². The van der Waals surface area contributed by atoms with E-state index in [1.165, 1.54) is 26.4 Å². The van der Waals surface area contributed by atoms with E-state index in [0.29, 0.717) is 60.9 Å². The van der Waals surface area contributed by atoms with Gasteiger partial charge in [0.15, 0.2) is 17.3 Å². The van der Waals surface area contributed by atoms with Crippen molar-refractivity contribution in [2.24, 2.45) is 0 Å². The minimum atomic E-state index is -4.36. The monoisotopic (exact) mass is 491 g/mol. The summed E-state index contributed by atoms with van der Waals surface area (Å²) in [7, 11) is 3.02. The number of hydrogen-bond donors (Lipinski definition) is 1. The number of carbonyl (C=O) groups is 2. The van der Waals surface area contributed by atoms with Crippen LogP contribution in [-0.4, -0.2) is 68.4 Å². The van der Waals surface area contributed by atoms with Crippen LogP contribution in [0.3, 0.4) is 0 Å². The number of Topliss-reactive ketones (excluding diaryl/α,β-unsaturated/α-hetero) is 1. The van der Waals surface area contributed by atoms with Crippen molar-refractivity contribution in [3.63, 3.8) is 0 Å². The van der Waals surface area contributed by atoms with Gasteiger partial charge in [0.2, 0.25) is 5.91 Å². The van der Waals surface area contributed by atoms with E-state index in [0.717, 1.165) is 6.07 Å². The fourth-order valence-corrected chi connectivity index (χ4v) is 4.61. The summed E-state index contributed by atoms with van der Waals surface area (Å²) in [6.45, 7) is 3.15. The van der Waals surface area contributed by atoms with Crippen molar-refractivity contribution in [3.8, 4) is 11.5 Å². The summed E-state index contributed by atoms with van der Waals surface area (Å²) in [6.07, 6.45) is -4.17. The Bertz CT molecular complexity index is 1100. The molecule has 0 spiro atoms. The Hall–Kier alpha value is -3.11. The minimum absolute atomic E-state index is 0.0607. The standard InChI is InChI=1S/C25H28F3N3O4/c1-34-22-11-18-19(12-23(22)35-2)21(32)13-20(18)29-24(33)15-31-8-6-30(7-9-31)14-16-4-3-5-17(10-16)25(26,27)28/h3-5,10-12,20H,6-9,13-15H2,1-2H3,(H,29,33). The average molecular weight is 492 g/mol. The van der Waals surface area contributed by atoms with Crippen LogP contribution in [0.5, 0.6) is 11.5 Å². The number of piperazine rings is 1. The lowest BCUT2D eigenvalue weighted by molar-refractivity contribution is -0.137. The van der Waals surface area contributed by atoms with Gasteiger partial charge in [-0.2, -0.15) is 13.2 Å². The maximum Gasteiger partial charge on any atom is 0.416 e. The molecule has 2 aliphatic rings. The third-order valence-corrected chi connectivity index (χ3v) is 6.45. The maximum absolute atomic E-state index is 13.0. The van der Waals surface area contributed by atoms with Crippen LogP contribution < -0.4 is 14.8 Å². The Labute approximate surface area is 201 Å². The molecule has 2 aromatic carbocycles. The zero-order chi connectivity index (χ0) is 25.2. The fourth-order valence-electron chi connectivity index (χ4n) is 4.61. The van der Waals surface area contributed by atoms with E-state index in [-0.39, 0.29) is 24.7 Å². The summed E-state index contributed by atoms with van der Waals surface area (Å²) in [5.41, 5.74) is 1.21. The average Bonchev–Trinajstić information content (AvgIpc) is 3.13. The molecule has 0 saturated carbocycles. The number of nitrogens with zero attached hydrogens (tertiary/aromatic N) is 2. The molecule has 1 amide bonds. The molecule has 1 unspecified atom stereocenters. The van der Waals surface area contributed by atoms with Gasteiger partial charge in [0, 0.05) is 44.7 Å². The normalized spacial score (nSPS) is 18.9. The molecule has 1 N–H and O–H groups in total. The van der Waals surface area contributed by atoms with Crippen LogP contribution in [0.25, 0.3) is 0 Å². The molecule has 7 nitrogen and oxygen atoms in total. The smallest absolute Gasteiger partial charge is 0.416 e. The summed E-state index contributed by atoms with van der Waals surface area (Å²) < 4.78 is 49.5. The number of rotatable bonds is 7. The van der Waals surface area contributed by atoms with Crippen molar-refractivity contribution in [2.75, 3.05) is 46.9 Å². The highest BCUT2D eigenvalue weighted by molar-refractivity contribution is 6.02. The maximum atomic E-state index is 13.0. The van der Waals surface area contributed by atoms with Gasteiger partial charge < -0.3 is 14.8 Å². The molecule has 1 atom stereocenters. The first-order valence-corrected chi connectivity index (χ1v) is 11.4. The van der Waals surface area contributed by atoms with Crippen LogP contribution >= 0.6 is 0 Å². The third-order valence-electron chi connectivity index (χ3n) is 6.45. The van der Waals surface area contributed by atoms with E-state index >= 15 is 0 Å². The molecule has 188 valence electrons. The zero-order valence-electron chi connectivity index (χ0n) is 19.7. The predicted octanol–water partition coefficient (Wildman–Crippen LogP) is 3.28. The quantitative estimate of drug-likeness (QED) is 0.641. The predicted molar refractivity (Wildman–Crippen MR) is 123 cm³/mol. The molecule has 0 bridgehead atoms. The molecule has 0 radical (unpaired) electrons. The molecule has 1 aliphatic carbocycles. The van der Waals surface area contributed by atoms with E-state index < -0.39 is 17.8 Å². The first-order valence-electron chi connectivity index (χ1n) is 11.4. The second kappa shape index (κ2) is 10.2. The summed E-state index contributed by atoms with van der Waals surface area (Å²) in [4.78, 5) is 29.3. The number of hydrogen-bond acceptors (Lipinski definition) is 6. The van der Waals surface area contributed by atoms with Gasteiger partial charge in [0.25, 0.3) is 0 Å². The largest absolute Gasteiger partial charge is 0.493 e. The third kappa shape index (κ3) is 5.76. The van der Waals surface area contributed by atoms with E-state index in [4.69, 9.17) is 9.47 Å². The van der Waals surface area contributed by atoms with Gasteiger partial charge in [-0.3, -0.25) is 19.4 Å². The lowest BCUT2D eigenvalue weighted by atomic mass is 10.1. The number of amides is 1. The number of ketones is 1. The fraction of sp³-hybridized carbons (Fsp3) is 0.440. The number of carbonyl (C=O) groups excluding carboxylic acids is 2. The highest BCUT2D eigenvalue weighted by atomic mass is 19.4. The van der Waals surface area contributed by atoms with Crippen molar-refractivity contribution < 1.29 is 32.2 Å². The number of fused-ring (bicyclic) bond motifs is 1. The van der Waals surface area contributed by atoms with E-state index in [1.54, 1.807) is 18.2 Å². The van der Waals surface area contributed by atoms with Crippen molar-refractivity contribution in [2.45, 2.75) is 25.2 Å². The molecule has 1 aliphatic heterocycles. The second-order valence-electron chi connectivity index (χ2n) is 8.79. The number of ether oxygens (including phenoxy) is 2. The zero-order valence-corrected chi connectivity index (χ0v) is 19.7. The molecule has 35 heavy (non-hydrogen) atoms. The second-order valence-corrected chi connectivity index (χ2v) is 8.79. The van der Waals surface area contributed by atoms with Crippen molar-refractivity contribution in [3.05, 3.63) is 58.7 Å². The highest BCUT2D eigenvalue weighted by Crippen LogP contribution is 2.39. The van der Waals surface area contributed by atoms with Gasteiger partial charge in [-0.15, -0.1) is 0 Å². The summed E-state index contributed by atoms with van der Waals surface area (Å²) >= 11 is 0.